The number of hydrogen-bond acceptors (Lipinski definition) is 2. The van der Waals surface area contributed by atoms with Crippen LogP contribution in [0.15, 0.2) is 29.2 Å². The molecule has 0 unspecified atom stereocenters. The molecule has 0 amide bonds. The zero-order valence-electron chi connectivity index (χ0n) is 5.65. The van der Waals surface area contributed by atoms with Crippen molar-refractivity contribution < 1.29 is 54.7 Å². The maximum atomic E-state index is 12.5. The van der Waals surface area contributed by atoms with Crippen molar-refractivity contribution in [1.29, 1.82) is 0 Å². The van der Waals surface area contributed by atoms with E-state index < -0.39 is 20.8 Å². The fraction of sp³-hybridized carbons (Fsp3) is 0. The summed E-state index contributed by atoms with van der Waals surface area (Å²) in [7, 11) is -4.41. The van der Waals surface area contributed by atoms with Gasteiger partial charge < -0.3 is 0 Å². The van der Waals surface area contributed by atoms with E-state index in [1.54, 1.807) is 0 Å². The van der Waals surface area contributed by atoms with Gasteiger partial charge in [0, 0.05) is 37.3 Å². The van der Waals surface area contributed by atoms with E-state index in [-0.39, 0.29) is 37.3 Å². The standard InChI is InChI=1S/C6H5FO3S.Er/c7-5-3-1-2-4-6(5)11(8,9)10;/h1-4H,(H,8,9,10);. The quantitative estimate of drug-likeness (QED) is 0.776. The van der Waals surface area contributed by atoms with E-state index in [2.05, 4.69) is 0 Å². The Morgan fingerprint density at radius 3 is 2.08 bits per heavy atom. The first kappa shape index (κ1) is 12.3. The van der Waals surface area contributed by atoms with Crippen LogP contribution in [0.1, 0.15) is 0 Å². The Labute approximate surface area is 98.9 Å². The van der Waals surface area contributed by atoms with E-state index in [0.29, 0.717) is 0 Å². The van der Waals surface area contributed by atoms with E-state index >= 15 is 0 Å². The normalized spacial score (nSPS) is 10.5. The van der Waals surface area contributed by atoms with Crippen molar-refractivity contribution >= 4 is 10.1 Å². The summed E-state index contributed by atoms with van der Waals surface area (Å²) < 4.78 is 41.7. The minimum Gasteiger partial charge on any atom is -0.282 e. The molecule has 72 valence electrons. The van der Waals surface area contributed by atoms with Gasteiger partial charge in [-0.1, -0.05) is 12.1 Å². The molecule has 1 aromatic rings. The molecule has 0 aliphatic rings. The van der Waals surface area contributed by atoms with Crippen LogP contribution in [-0.4, -0.2) is 13.0 Å². The van der Waals surface area contributed by atoms with Crippen LogP contribution in [-0.2, 0) is 10.1 Å². The third kappa shape index (κ3) is 2.98. The van der Waals surface area contributed by atoms with Gasteiger partial charge >= 0.3 is 0 Å². The van der Waals surface area contributed by atoms with E-state index in [1.165, 1.54) is 12.1 Å². The van der Waals surface area contributed by atoms with Crippen LogP contribution in [0, 0.1) is 43.1 Å². The number of hydrogen-bond donors (Lipinski definition) is 1. The average molecular weight is 343 g/mol. The molecule has 6 heteroatoms. The van der Waals surface area contributed by atoms with Gasteiger partial charge in [-0.15, -0.1) is 0 Å². The number of rotatable bonds is 1. The SMILES string of the molecule is O=S(=O)(O)c1ccccc1F.[Er]. The number of benzene rings is 1. The molecule has 0 radical (unpaired) electrons. The molecule has 0 aliphatic carbocycles. The van der Waals surface area contributed by atoms with E-state index in [0.717, 1.165) is 12.1 Å². The van der Waals surface area contributed by atoms with Crippen LogP contribution in [0.4, 0.5) is 4.39 Å². The fourth-order valence-electron chi connectivity index (χ4n) is 0.654. The minimum absolute atomic E-state index is 0. The summed E-state index contributed by atoms with van der Waals surface area (Å²) in [6, 6.07) is 4.62. The van der Waals surface area contributed by atoms with Crippen LogP contribution in [0.25, 0.3) is 0 Å². The molecule has 1 N–H and O–H groups in total. The molecule has 0 heterocycles. The zero-order chi connectivity index (χ0) is 8.48. The zero-order valence-corrected chi connectivity index (χ0v) is 8.32. The van der Waals surface area contributed by atoms with Crippen molar-refractivity contribution in [2.24, 2.45) is 0 Å². The van der Waals surface area contributed by atoms with Crippen LogP contribution < -0.4 is 0 Å². The molecule has 1 rings (SSSR count). The third-order valence-corrected chi connectivity index (χ3v) is 2.00. The Balaban J connectivity index is 0.00000121. The Kier molecular flexibility index (Phi) is 4.63. The Bertz CT molecular complexity index is 363. The van der Waals surface area contributed by atoms with Gasteiger partial charge in [-0.25, -0.2) is 4.39 Å². The van der Waals surface area contributed by atoms with Crippen LogP contribution in [0.2, 0.25) is 0 Å². The summed E-state index contributed by atoms with van der Waals surface area (Å²) in [6.45, 7) is 0. The summed E-state index contributed by atoms with van der Waals surface area (Å²) in [5.41, 5.74) is 0. The Hall–Kier alpha value is 0.307. The molecule has 0 spiro atoms. The molecule has 0 bridgehead atoms. The van der Waals surface area contributed by atoms with Crippen LogP contribution in [0.5, 0.6) is 0 Å². The monoisotopic (exact) mass is 342 g/mol. The number of halogens is 1. The van der Waals surface area contributed by atoms with E-state index in [9.17, 15) is 12.8 Å². The predicted octanol–water partition coefficient (Wildman–Crippen LogP) is 1.07. The van der Waals surface area contributed by atoms with Crippen molar-refractivity contribution in [2.45, 2.75) is 4.90 Å². The molecule has 0 aliphatic heterocycles. The summed E-state index contributed by atoms with van der Waals surface area (Å²) in [5, 5.41) is 0. The largest absolute Gasteiger partial charge is 0.297 e. The van der Waals surface area contributed by atoms with Crippen molar-refractivity contribution in [2.75, 3.05) is 0 Å². The van der Waals surface area contributed by atoms with Gasteiger partial charge in [0.15, 0.2) is 0 Å². The first-order valence-electron chi connectivity index (χ1n) is 2.74. The van der Waals surface area contributed by atoms with Gasteiger partial charge in [0.2, 0.25) is 0 Å². The molecular weight excluding hydrogens is 338 g/mol. The first-order chi connectivity index (χ1) is 5.02. The van der Waals surface area contributed by atoms with E-state index in [4.69, 9.17) is 4.55 Å². The fourth-order valence-corrected chi connectivity index (χ4v) is 1.22. The van der Waals surface area contributed by atoms with Gasteiger partial charge in [0.25, 0.3) is 10.1 Å². The molecule has 0 aromatic heterocycles. The molecule has 1 aromatic carbocycles. The second-order valence-corrected chi connectivity index (χ2v) is 3.30. The van der Waals surface area contributed by atoms with Gasteiger partial charge in [0.05, 0.1) is 0 Å². The molecule has 0 atom stereocenters. The minimum atomic E-state index is -4.41. The molecular formula is C6H5ErFO3S. The molecule has 0 saturated heterocycles. The third-order valence-electron chi connectivity index (χ3n) is 1.11. The summed E-state index contributed by atoms with van der Waals surface area (Å²) in [5.74, 6) is -0.949. The topological polar surface area (TPSA) is 54.4 Å². The second kappa shape index (κ2) is 4.52. The molecule has 3 nitrogen and oxygen atoms in total. The first-order valence-corrected chi connectivity index (χ1v) is 4.18. The smallest absolute Gasteiger partial charge is 0.282 e. The molecule has 0 fully saturated rings. The maximum Gasteiger partial charge on any atom is 0.297 e. The van der Waals surface area contributed by atoms with Crippen LogP contribution >= 0.6 is 0 Å². The molecule has 12 heavy (non-hydrogen) atoms. The summed E-state index contributed by atoms with van der Waals surface area (Å²) in [6.07, 6.45) is 0. The van der Waals surface area contributed by atoms with Crippen molar-refractivity contribution in [3.05, 3.63) is 30.1 Å². The van der Waals surface area contributed by atoms with Crippen LogP contribution in [0.3, 0.4) is 0 Å². The van der Waals surface area contributed by atoms with E-state index in [1.807, 2.05) is 0 Å². The van der Waals surface area contributed by atoms with Crippen molar-refractivity contribution in [3.8, 4) is 0 Å². The summed E-state index contributed by atoms with van der Waals surface area (Å²) >= 11 is 0. The molecule has 0 saturated carbocycles. The summed E-state index contributed by atoms with van der Waals surface area (Å²) in [4.78, 5) is -0.694. The average Bonchev–Trinajstić information content (AvgIpc) is 1.86. The van der Waals surface area contributed by atoms with Gasteiger partial charge in [-0.3, -0.25) is 4.55 Å². The predicted molar refractivity (Wildman–Crippen MR) is 36.2 cm³/mol. The van der Waals surface area contributed by atoms with Gasteiger partial charge in [0.1, 0.15) is 10.7 Å². The maximum absolute atomic E-state index is 12.5. The van der Waals surface area contributed by atoms with Gasteiger partial charge in [-0.05, 0) is 12.1 Å². The van der Waals surface area contributed by atoms with Crippen molar-refractivity contribution in [3.63, 3.8) is 0 Å². The Morgan fingerprint density at radius 1 is 1.25 bits per heavy atom. The second-order valence-electron chi connectivity index (χ2n) is 1.91. The Morgan fingerprint density at radius 2 is 1.75 bits per heavy atom. The van der Waals surface area contributed by atoms with Crippen molar-refractivity contribution in [1.82, 2.24) is 0 Å². The van der Waals surface area contributed by atoms with Gasteiger partial charge in [-0.2, -0.15) is 8.42 Å².